The van der Waals surface area contributed by atoms with E-state index in [0.717, 1.165) is 36.6 Å². The van der Waals surface area contributed by atoms with Crippen LogP contribution in [-0.4, -0.2) is 27.8 Å². The predicted octanol–water partition coefficient (Wildman–Crippen LogP) is 1.32. The Morgan fingerprint density at radius 2 is 2.00 bits per heavy atom. The van der Waals surface area contributed by atoms with Crippen molar-refractivity contribution in [2.45, 2.75) is 38.3 Å². The van der Waals surface area contributed by atoms with Crippen LogP contribution in [0.25, 0.3) is 0 Å². The van der Waals surface area contributed by atoms with Gasteiger partial charge in [0.05, 0.1) is 11.2 Å². The van der Waals surface area contributed by atoms with Gasteiger partial charge < -0.3 is 5.32 Å². The van der Waals surface area contributed by atoms with Crippen LogP contribution in [0.5, 0.6) is 0 Å². The van der Waals surface area contributed by atoms with Crippen LogP contribution < -0.4 is 16.2 Å². The molecule has 0 unspecified atom stereocenters. The Kier molecular flexibility index (Phi) is 5.19. The first kappa shape index (κ1) is 15.8. The summed E-state index contributed by atoms with van der Waals surface area (Å²) in [5, 5.41) is 8.34. The van der Waals surface area contributed by atoms with Crippen LogP contribution in [0.3, 0.4) is 0 Å². The molecule has 2 N–H and O–H groups in total. The number of nitrogens with one attached hydrogen (secondary N) is 2. The molecule has 21 heavy (non-hydrogen) atoms. The first-order chi connectivity index (χ1) is 9.97. The van der Waals surface area contributed by atoms with Crippen molar-refractivity contribution in [3.05, 3.63) is 26.6 Å². The van der Waals surface area contributed by atoms with Gasteiger partial charge in [0.25, 0.3) is 5.56 Å². The van der Waals surface area contributed by atoms with Crippen molar-refractivity contribution in [1.29, 1.82) is 0 Å². The third-order valence-corrected chi connectivity index (χ3v) is 3.93. The summed E-state index contributed by atoms with van der Waals surface area (Å²) in [4.78, 5) is 35.0. The van der Waals surface area contributed by atoms with Gasteiger partial charge in [0.15, 0.2) is 0 Å². The van der Waals surface area contributed by atoms with Crippen LogP contribution in [-0.2, 0) is 11.3 Å². The molecule has 9 heteroatoms. The zero-order valence-electron chi connectivity index (χ0n) is 11.1. The second-order valence-electron chi connectivity index (χ2n) is 4.77. The van der Waals surface area contributed by atoms with Crippen molar-refractivity contribution < 1.29 is 9.59 Å². The topological polar surface area (TPSA) is 93.1 Å². The number of hydrogen-bond donors (Lipinski definition) is 2. The Balaban J connectivity index is 1.91. The van der Waals surface area contributed by atoms with E-state index in [4.69, 9.17) is 23.2 Å². The highest BCUT2D eigenvalue weighted by Gasteiger charge is 2.18. The molecule has 0 aliphatic heterocycles. The van der Waals surface area contributed by atoms with E-state index in [9.17, 15) is 14.4 Å². The molecule has 1 heterocycles. The van der Waals surface area contributed by atoms with Crippen molar-refractivity contribution in [3.63, 3.8) is 0 Å². The normalized spacial score (nSPS) is 15.0. The molecule has 114 valence electrons. The fraction of sp³-hybridized carbons (Fsp3) is 0.500. The zero-order valence-corrected chi connectivity index (χ0v) is 12.6. The number of imide groups is 1. The van der Waals surface area contributed by atoms with Crippen molar-refractivity contribution in [2.75, 3.05) is 0 Å². The Hall–Kier alpha value is -1.60. The molecule has 1 fully saturated rings. The van der Waals surface area contributed by atoms with E-state index in [1.165, 1.54) is 0 Å². The summed E-state index contributed by atoms with van der Waals surface area (Å²) < 4.78 is 0.840. The van der Waals surface area contributed by atoms with E-state index >= 15 is 0 Å². The second-order valence-corrected chi connectivity index (χ2v) is 5.56. The maximum Gasteiger partial charge on any atom is 0.321 e. The predicted molar refractivity (Wildman–Crippen MR) is 77.4 cm³/mol. The summed E-state index contributed by atoms with van der Waals surface area (Å²) in [6.07, 6.45) is 5.13. The molecule has 0 bridgehead atoms. The lowest BCUT2D eigenvalue weighted by atomic mass is 10.2. The lowest BCUT2D eigenvalue weighted by molar-refractivity contribution is -0.120. The number of urea groups is 1. The molecule has 1 saturated carbocycles. The molecule has 7 nitrogen and oxygen atoms in total. The number of hydrogen-bond acceptors (Lipinski definition) is 4. The molecule has 1 aliphatic carbocycles. The Labute approximate surface area is 130 Å². The first-order valence-electron chi connectivity index (χ1n) is 6.49. The largest absolute Gasteiger partial charge is 0.335 e. The average molecular weight is 333 g/mol. The molecule has 0 atom stereocenters. The average Bonchev–Trinajstić information content (AvgIpc) is 2.92. The van der Waals surface area contributed by atoms with Gasteiger partial charge >= 0.3 is 6.03 Å². The highest BCUT2D eigenvalue weighted by molar-refractivity contribution is 6.41. The number of halogens is 2. The van der Waals surface area contributed by atoms with Crippen LogP contribution in [0, 0.1) is 0 Å². The van der Waals surface area contributed by atoms with E-state index in [2.05, 4.69) is 15.7 Å². The van der Waals surface area contributed by atoms with Crippen LogP contribution in [0.2, 0.25) is 10.0 Å². The summed E-state index contributed by atoms with van der Waals surface area (Å²) in [5.74, 6) is -0.654. The molecule has 0 saturated heterocycles. The Morgan fingerprint density at radius 3 is 2.67 bits per heavy atom. The number of nitrogens with zero attached hydrogens (tertiary/aromatic N) is 2. The minimum atomic E-state index is -0.685. The number of carbonyl (C=O) groups is 2. The molecular weight excluding hydrogens is 319 g/mol. The van der Waals surface area contributed by atoms with Gasteiger partial charge in [0.2, 0.25) is 5.91 Å². The van der Waals surface area contributed by atoms with Gasteiger partial charge in [-0.15, -0.1) is 0 Å². The van der Waals surface area contributed by atoms with Crippen LogP contribution in [0.4, 0.5) is 4.79 Å². The van der Waals surface area contributed by atoms with E-state index in [0.29, 0.717) is 0 Å². The lowest BCUT2D eigenvalue weighted by Gasteiger charge is -2.12. The summed E-state index contributed by atoms with van der Waals surface area (Å²) in [6, 6.07) is -0.469. The van der Waals surface area contributed by atoms with Gasteiger partial charge in [-0.2, -0.15) is 5.10 Å². The van der Waals surface area contributed by atoms with Gasteiger partial charge in [-0.05, 0) is 12.8 Å². The fourth-order valence-electron chi connectivity index (χ4n) is 2.15. The van der Waals surface area contributed by atoms with Gasteiger partial charge in [-0.3, -0.25) is 14.9 Å². The van der Waals surface area contributed by atoms with Crippen molar-refractivity contribution >= 4 is 35.1 Å². The van der Waals surface area contributed by atoms with Gasteiger partial charge in [0, 0.05) is 6.04 Å². The minimum Gasteiger partial charge on any atom is -0.335 e. The maximum absolute atomic E-state index is 11.7. The lowest BCUT2D eigenvalue weighted by Crippen LogP contribution is -2.45. The quantitative estimate of drug-likeness (QED) is 0.872. The third-order valence-electron chi connectivity index (χ3n) is 3.18. The molecule has 0 spiro atoms. The molecule has 1 aromatic heterocycles. The monoisotopic (exact) mass is 332 g/mol. The maximum atomic E-state index is 11.7. The van der Waals surface area contributed by atoms with E-state index in [1.54, 1.807) is 0 Å². The van der Waals surface area contributed by atoms with Crippen molar-refractivity contribution in [1.82, 2.24) is 20.4 Å². The standard InChI is InChI=1S/C12H14Cl2N4O3/c13-8-5-15-18(11(20)10(8)14)6-9(19)17-12(21)16-7-3-1-2-4-7/h5,7H,1-4,6H2,(H2,16,17,19,21). The number of carbonyl (C=O) groups excluding carboxylic acids is 2. The summed E-state index contributed by atoms with van der Waals surface area (Å²) in [5.41, 5.74) is -0.685. The summed E-state index contributed by atoms with van der Waals surface area (Å²) >= 11 is 11.3. The third kappa shape index (κ3) is 4.18. The van der Waals surface area contributed by atoms with Gasteiger partial charge in [0.1, 0.15) is 11.6 Å². The summed E-state index contributed by atoms with van der Waals surface area (Å²) in [7, 11) is 0. The first-order valence-corrected chi connectivity index (χ1v) is 7.24. The SMILES string of the molecule is O=C(Cn1ncc(Cl)c(Cl)c1=O)NC(=O)NC1CCCC1. The van der Waals surface area contributed by atoms with Crippen LogP contribution in [0.15, 0.2) is 11.0 Å². The van der Waals surface area contributed by atoms with Gasteiger partial charge in [-0.25, -0.2) is 9.48 Å². The smallest absolute Gasteiger partial charge is 0.321 e. The zero-order chi connectivity index (χ0) is 15.4. The van der Waals surface area contributed by atoms with Crippen LogP contribution >= 0.6 is 23.2 Å². The molecule has 1 aromatic rings. The van der Waals surface area contributed by atoms with Crippen molar-refractivity contribution in [2.24, 2.45) is 0 Å². The Bertz CT molecular complexity index is 611. The molecule has 1 aliphatic rings. The molecule has 2 rings (SSSR count). The summed E-state index contributed by atoms with van der Waals surface area (Å²) in [6.45, 7) is -0.409. The molecule has 3 amide bonds. The molecule has 0 aromatic carbocycles. The Morgan fingerprint density at radius 1 is 1.33 bits per heavy atom. The van der Waals surface area contributed by atoms with Crippen LogP contribution in [0.1, 0.15) is 25.7 Å². The number of amides is 3. The molecule has 0 radical (unpaired) electrons. The van der Waals surface area contributed by atoms with E-state index < -0.39 is 24.0 Å². The number of aromatic nitrogens is 2. The molecular formula is C12H14Cl2N4O3. The number of rotatable bonds is 3. The van der Waals surface area contributed by atoms with E-state index in [1.807, 2.05) is 0 Å². The van der Waals surface area contributed by atoms with E-state index in [-0.39, 0.29) is 16.1 Å². The fourth-order valence-corrected chi connectivity index (χ4v) is 2.42. The second kappa shape index (κ2) is 6.91. The van der Waals surface area contributed by atoms with Gasteiger partial charge in [-0.1, -0.05) is 36.0 Å². The highest BCUT2D eigenvalue weighted by atomic mass is 35.5. The highest BCUT2D eigenvalue weighted by Crippen LogP contribution is 2.17. The minimum absolute atomic E-state index is 0.0114. The van der Waals surface area contributed by atoms with Crippen molar-refractivity contribution in [3.8, 4) is 0 Å².